The predicted molar refractivity (Wildman–Crippen MR) is 93.7 cm³/mol. The Morgan fingerprint density at radius 3 is 1.52 bits per heavy atom. The molecule has 2 rings (SSSR count). The summed E-state index contributed by atoms with van der Waals surface area (Å²) in [5.41, 5.74) is 2.36. The van der Waals surface area contributed by atoms with Crippen LogP contribution >= 0.6 is 0 Å². The van der Waals surface area contributed by atoms with E-state index in [-0.39, 0.29) is 0 Å². The third-order valence-electron chi connectivity index (χ3n) is 3.42. The van der Waals surface area contributed by atoms with Crippen molar-refractivity contribution in [3.8, 4) is 11.5 Å². The van der Waals surface area contributed by atoms with Crippen molar-refractivity contribution >= 4 is 11.9 Å². The van der Waals surface area contributed by atoms with Crippen molar-refractivity contribution in [2.24, 2.45) is 0 Å². The average molecular weight is 338 g/mol. The second kappa shape index (κ2) is 7.97. The van der Waals surface area contributed by atoms with E-state index in [9.17, 15) is 9.59 Å². The van der Waals surface area contributed by atoms with Gasteiger partial charge in [-0.3, -0.25) is 0 Å². The largest absolute Gasteiger partial charge is 0.457 e. The highest BCUT2D eigenvalue weighted by molar-refractivity contribution is 5.90. The van der Waals surface area contributed by atoms with Crippen LogP contribution in [0.3, 0.4) is 0 Å². The molecule has 0 radical (unpaired) electrons. The van der Waals surface area contributed by atoms with Crippen molar-refractivity contribution in [2.75, 3.05) is 0 Å². The molecule has 0 unspecified atom stereocenters. The number of ether oxygens (including phenoxy) is 3. The molecule has 0 spiro atoms. The van der Waals surface area contributed by atoms with E-state index in [2.05, 4.69) is 13.2 Å². The molecule has 128 valence electrons. The van der Waals surface area contributed by atoms with Crippen LogP contribution in [0, 0.1) is 13.8 Å². The first kappa shape index (κ1) is 18.0. The van der Waals surface area contributed by atoms with Gasteiger partial charge in [-0.05, 0) is 61.4 Å². The number of carbonyl (C=O) groups excluding carboxylic acids is 2. The van der Waals surface area contributed by atoms with Crippen molar-refractivity contribution in [3.05, 3.63) is 84.3 Å². The highest BCUT2D eigenvalue weighted by atomic mass is 16.5. The van der Waals surface area contributed by atoms with Crippen molar-refractivity contribution in [2.45, 2.75) is 13.8 Å². The van der Waals surface area contributed by atoms with Gasteiger partial charge in [0.1, 0.15) is 11.5 Å². The fraction of sp³-hybridized carbons (Fsp3) is 0.100. The topological polar surface area (TPSA) is 61.8 Å². The summed E-state index contributed by atoms with van der Waals surface area (Å²) >= 11 is 0. The lowest BCUT2D eigenvalue weighted by molar-refractivity contribution is 0.0654. The van der Waals surface area contributed by atoms with E-state index < -0.39 is 11.9 Å². The Labute approximate surface area is 146 Å². The standard InChI is InChI=1S/C20H18O5/c1-5-23-19(21)15-7-9-17(13(3)11-15)25-18-10-8-16(12-14(18)4)20(22)24-6-2/h5-12H,1-2H2,3-4H3. The fourth-order valence-electron chi connectivity index (χ4n) is 2.19. The third-order valence-corrected chi connectivity index (χ3v) is 3.42. The van der Waals surface area contributed by atoms with Gasteiger partial charge < -0.3 is 14.2 Å². The Hall–Kier alpha value is -3.34. The quantitative estimate of drug-likeness (QED) is 0.564. The normalized spacial score (nSPS) is 9.84. The van der Waals surface area contributed by atoms with Gasteiger partial charge in [-0.15, -0.1) is 0 Å². The van der Waals surface area contributed by atoms with E-state index in [1.54, 1.807) is 36.4 Å². The molecule has 2 aromatic carbocycles. The summed E-state index contributed by atoms with van der Waals surface area (Å²) < 4.78 is 15.4. The van der Waals surface area contributed by atoms with Crippen LogP contribution in [0.1, 0.15) is 31.8 Å². The second-order valence-corrected chi connectivity index (χ2v) is 5.21. The van der Waals surface area contributed by atoms with Gasteiger partial charge in [0.2, 0.25) is 0 Å². The van der Waals surface area contributed by atoms with Crippen LogP contribution in [0.25, 0.3) is 0 Å². The molecular formula is C20H18O5. The van der Waals surface area contributed by atoms with E-state index in [4.69, 9.17) is 14.2 Å². The number of hydrogen-bond donors (Lipinski definition) is 0. The molecule has 0 aliphatic heterocycles. The van der Waals surface area contributed by atoms with Gasteiger partial charge in [0.25, 0.3) is 0 Å². The summed E-state index contributed by atoms with van der Waals surface area (Å²) in [5, 5.41) is 0. The minimum absolute atomic E-state index is 0.406. The molecule has 0 fully saturated rings. The summed E-state index contributed by atoms with van der Waals surface area (Å²) in [6.45, 7) is 10.4. The van der Waals surface area contributed by atoms with Gasteiger partial charge >= 0.3 is 11.9 Å². The molecular weight excluding hydrogens is 320 g/mol. The number of rotatable bonds is 6. The second-order valence-electron chi connectivity index (χ2n) is 5.21. The summed E-state index contributed by atoms with van der Waals surface area (Å²) in [6.07, 6.45) is 2.18. The zero-order chi connectivity index (χ0) is 18.4. The molecule has 0 N–H and O–H groups in total. The van der Waals surface area contributed by atoms with Crippen LogP contribution in [0.5, 0.6) is 11.5 Å². The first-order valence-corrected chi connectivity index (χ1v) is 7.49. The summed E-state index contributed by atoms with van der Waals surface area (Å²) in [7, 11) is 0. The monoisotopic (exact) mass is 338 g/mol. The molecule has 0 saturated heterocycles. The Morgan fingerprint density at radius 2 is 1.20 bits per heavy atom. The zero-order valence-corrected chi connectivity index (χ0v) is 14.1. The highest BCUT2D eigenvalue weighted by Gasteiger charge is 2.12. The lowest BCUT2D eigenvalue weighted by Gasteiger charge is -2.12. The van der Waals surface area contributed by atoms with Gasteiger partial charge in [-0.25, -0.2) is 9.59 Å². The SMILES string of the molecule is C=COC(=O)c1ccc(Oc2ccc(C(=O)OC=C)cc2C)c(C)c1. The van der Waals surface area contributed by atoms with E-state index >= 15 is 0 Å². The first-order valence-electron chi connectivity index (χ1n) is 7.49. The van der Waals surface area contributed by atoms with Crippen molar-refractivity contribution < 1.29 is 23.8 Å². The molecule has 0 heterocycles. The number of hydrogen-bond acceptors (Lipinski definition) is 5. The maximum atomic E-state index is 11.7. The van der Waals surface area contributed by atoms with Crippen LogP contribution in [-0.2, 0) is 9.47 Å². The molecule has 0 aromatic heterocycles. The molecule has 5 nitrogen and oxygen atoms in total. The lowest BCUT2D eigenvalue weighted by Crippen LogP contribution is -2.02. The van der Waals surface area contributed by atoms with Gasteiger partial charge in [0.15, 0.2) is 0 Å². The fourth-order valence-corrected chi connectivity index (χ4v) is 2.19. The molecule has 0 bridgehead atoms. The van der Waals surface area contributed by atoms with Gasteiger partial charge in [0.05, 0.1) is 23.7 Å². The number of aryl methyl sites for hydroxylation is 2. The highest BCUT2D eigenvalue weighted by Crippen LogP contribution is 2.29. The van der Waals surface area contributed by atoms with E-state index in [0.29, 0.717) is 22.6 Å². The Kier molecular flexibility index (Phi) is 5.74. The van der Waals surface area contributed by atoms with Crippen molar-refractivity contribution in [3.63, 3.8) is 0 Å². The minimum atomic E-state index is -0.481. The van der Waals surface area contributed by atoms with E-state index in [1.165, 1.54) is 0 Å². The first-order chi connectivity index (χ1) is 12.0. The lowest BCUT2D eigenvalue weighted by atomic mass is 10.1. The van der Waals surface area contributed by atoms with Crippen molar-refractivity contribution in [1.82, 2.24) is 0 Å². The van der Waals surface area contributed by atoms with Crippen LogP contribution in [0.2, 0.25) is 0 Å². The number of carbonyl (C=O) groups is 2. The summed E-state index contributed by atoms with van der Waals surface area (Å²) in [6, 6.07) is 9.94. The Bertz CT molecular complexity index is 766. The van der Waals surface area contributed by atoms with Crippen LogP contribution in [-0.4, -0.2) is 11.9 Å². The molecule has 25 heavy (non-hydrogen) atoms. The molecule has 0 atom stereocenters. The molecule has 0 aliphatic carbocycles. The third kappa shape index (κ3) is 4.35. The average Bonchev–Trinajstić information content (AvgIpc) is 2.58. The van der Waals surface area contributed by atoms with Gasteiger partial charge in [0, 0.05) is 0 Å². The van der Waals surface area contributed by atoms with Crippen molar-refractivity contribution in [1.29, 1.82) is 0 Å². The van der Waals surface area contributed by atoms with Gasteiger partial charge in [-0.2, -0.15) is 0 Å². The predicted octanol–water partition coefficient (Wildman–Crippen LogP) is 4.70. The summed E-state index contributed by atoms with van der Waals surface area (Å²) in [5.74, 6) is 0.233. The maximum absolute atomic E-state index is 11.7. The molecule has 0 amide bonds. The molecule has 0 aliphatic rings. The van der Waals surface area contributed by atoms with Crippen LogP contribution in [0.4, 0.5) is 0 Å². The number of esters is 2. The van der Waals surface area contributed by atoms with E-state index in [1.807, 2.05) is 13.8 Å². The Balaban J connectivity index is 2.22. The molecule has 5 heteroatoms. The molecule has 0 saturated carbocycles. The van der Waals surface area contributed by atoms with Crippen LogP contribution in [0.15, 0.2) is 62.1 Å². The number of benzene rings is 2. The van der Waals surface area contributed by atoms with E-state index in [0.717, 1.165) is 23.7 Å². The summed E-state index contributed by atoms with van der Waals surface area (Å²) in [4.78, 5) is 23.4. The Morgan fingerprint density at radius 1 is 0.800 bits per heavy atom. The maximum Gasteiger partial charge on any atom is 0.342 e. The van der Waals surface area contributed by atoms with Crippen LogP contribution < -0.4 is 4.74 Å². The minimum Gasteiger partial charge on any atom is -0.457 e. The van der Waals surface area contributed by atoms with Gasteiger partial charge in [-0.1, -0.05) is 13.2 Å². The molecule has 2 aromatic rings. The zero-order valence-electron chi connectivity index (χ0n) is 14.1. The smallest absolute Gasteiger partial charge is 0.342 e.